The summed E-state index contributed by atoms with van der Waals surface area (Å²) in [7, 11) is 0. The summed E-state index contributed by atoms with van der Waals surface area (Å²) >= 11 is 0. The predicted molar refractivity (Wildman–Crippen MR) is 70.8 cm³/mol. The van der Waals surface area contributed by atoms with E-state index in [0.717, 1.165) is 18.5 Å². The van der Waals surface area contributed by atoms with E-state index in [0.29, 0.717) is 6.54 Å². The van der Waals surface area contributed by atoms with E-state index < -0.39 is 0 Å². The number of carbonyl (C=O) groups is 1. The molecule has 0 fully saturated rings. The van der Waals surface area contributed by atoms with Crippen LogP contribution in [0.3, 0.4) is 0 Å². The van der Waals surface area contributed by atoms with E-state index in [2.05, 4.69) is 12.2 Å². The summed E-state index contributed by atoms with van der Waals surface area (Å²) in [6.07, 6.45) is 0.961. The van der Waals surface area contributed by atoms with Crippen molar-refractivity contribution in [3.05, 3.63) is 35.9 Å². The molecule has 0 spiro atoms. The number of nitrogens with zero attached hydrogens (tertiary/aromatic N) is 1. The minimum Gasteiger partial charge on any atom is -0.338 e. The number of carbonyl (C=O) groups excluding carboxylic acids is 1. The van der Waals surface area contributed by atoms with Crippen LogP contribution >= 0.6 is 0 Å². The highest BCUT2D eigenvalue weighted by atomic mass is 16.2. The first-order valence-corrected chi connectivity index (χ1v) is 6.23. The van der Waals surface area contributed by atoms with Gasteiger partial charge in [-0.25, -0.2) is 4.79 Å². The molecule has 0 atom stereocenters. The maximum absolute atomic E-state index is 12.0. The molecule has 1 rings (SSSR count). The van der Waals surface area contributed by atoms with Crippen LogP contribution in [0.15, 0.2) is 30.3 Å². The van der Waals surface area contributed by atoms with Crippen molar-refractivity contribution in [3.63, 3.8) is 0 Å². The molecule has 0 saturated heterocycles. The number of nitrogens with one attached hydrogen (secondary N) is 1. The van der Waals surface area contributed by atoms with E-state index in [1.807, 2.05) is 49.1 Å². The van der Waals surface area contributed by atoms with Crippen LogP contribution in [0.1, 0.15) is 32.8 Å². The molecular weight excluding hydrogens is 212 g/mol. The van der Waals surface area contributed by atoms with Crippen LogP contribution in [-0.4, -0.2) is 23.5 Å². The van der Waals surface area contributed by atoms with E-state index in [1.165, 1.54) is 0 Å². The molecule has 3 nitrogen and oxygen atoms in total. The molecule has 0 saturated carbocycles. The van der Waals surface area contributed by atoms with Crippen molar-refractivity contribution in [2.45, 2.75) is 39.8 Å². The molecule has 0 aliphatic carbocycles. The zero-order valence-corrected chi connectivity index (χ0v) is 10.9. The first-order chi connectivity index (χ1) is 8.15. The van der Waals surface area contributed by atoms with Gasteiger partial charge in [0.1, 0.15) is 0 Å². The lowest BCUT2D eigenvalue weighted by molar-refractivity contribution is 0.180. The summed E-state index contributed by atoms with van der Waals surface area (Å²) in [4.78, 5) is 13.8. The predicted octanol–water partition coefficient (Wildman–Crippen LogP) is 3.02. The number of hydrogen-bond donors (Lipinski definition) is 1. The van der Waals surface area contributed by atoms with Crippen LogP contribution in [0.4, 0.5) is 4.79 Å². The molecular formula is C14H22N2O. The molecule has 3 heteroatoms. The lowest BCUT2D eigenvalue weighted by atomic mass is 10.2. The summed E-state index contributed by atoms with van der Waals surface area (Å²) in [6.45, 7) is 7.52. The first-order valence-electron chi connectivity index (χ1n) is 6.23. The summed E-state index contributed by atoms with van der Waals surface area (Å²) in [5.41, 5.74) is 1.16. The third-order valence-corrected chi connectivity index (χ3v) is 2.61. The summed E-state index contributed by atoms with van der Waals surface area (Å²) in [6, 6.07) is 10.3. The maximum atomic E-state index is 12.0. The SMILES string of the molecule is CCCNC(=O)N(Cc1ccccc1)C(C)C. The summed E-state index contributed by atoms with van der Waals surface area (Å²) < 4.78 is 0. The zero-order valence-electron chi connectivity index (χ0n) is 10.9. The van der Waals surface area contributed by atoms with Crippen molar-refractivity contribution < 1.29 is 4.79 Å². The number of rotatable bonds is 5. The van der Waals surface area contributed by atoms with Crippen LogP contribution < -0.4 is 5.32 Å². The van der Waals surface area contributed by atoms with Crippen LogP contribution in [0.5, 0.6) is 0 Å². The fourth-order valence-corrected chi connectivity index (χ4v) is 1.60. The Bertz CT molecular complexity index is 335. The van der Waals surface area contributed by atoms with Crippen LogP contribution in [0.25, 0.3) is 0 Å². The molecule has 1 aromatic rings. The molecule has 2 amide bonds. The maximum Gasteiger partial charge on any atom is 0.317 e. The Morgan fingerprint density at radius 1 is 1.29 bits per heavy atom. The average molecular weight is 234 g/mol. The van der Waals surface area contributed by atoms with Gasteiger partial charge < -0.3 is 10.2 Å². The molecule has 0 bridgehead atoms. The van der Waals surface area contributed by atoms with Gasteiger partial charge in [-0.1, -0.05) is 37.3 Å². The fourth-order valence-electron chi connectivity index (χ4n) is 1.60. The van der Waals surface area contributed by atoms with Gasteiger partial charge >= 0.3 is 6.03 Å². The molecule has 17 heavy (non-hydrogen) atoms. The number of benzene rings is 1. The molecule has 0 unspecified atom stereocenters. The van der Waals surface area contributed by atoms with Crippen LogP contribution in [0, 0.1) is 0 Å². The second kappa shape index (κ2) is 6.94. The standard InChI is InChI=1S/C14H22N2O/c1-4-10-15-14(17)16(12(2)3)11-13-8-6-5-7-9-13/h5-9,12H,4,10-11H2,1-3H3,(H,15,17). The Morgan fingerprint density at radius 2 is 1.94 bits per heavy atom. The van der Waals surface area contributed by atoms with Gasteiger partial charge in [0, 0.05) is 19.1 Å². The molecule has 0 heterocycles. The number of urea groups is 1. The van der Waals surface area contributed by atoms with Crippen molar-refractivity contribution in [2.24, 2.45) is 0 Å². The minimum atomic E-state index is 0.0192. The molecule has 94 valence electrons. The van der Waals surface area contributed by atoms with Crippen molar-refractivity contribution in [1.29, 1.82) is 0 Å². The molecule has 0 aliphatic rings. The largest absolute Gasteiger partial charge is 0.338 e. The molecule has 0 radical (unpaired) electrons. The van der Waals surface area contributed by atoms with Gasteiger partial charge in [0.25, 0.3) is 0 Å². The lowest BCUT2D eigenvalue weighted by Crippen LogP contribution is -2.43. The average Bonchev–Trinajstić information content (AvgIpc) is 2.34. The van der Waals surface area contributed by atoms with Gasteiger partial charge in [-0.3, -0.25) is 0 Å². The highest BCUT2D eigenvalue weighted by Gasteiger charge is 2.16. The normalized spacial score (nSPS) is 10.4. The first kappa shape index (κ1) is 13.6. The van der Waals surface area contributed by atoms with E-state index >= 15 is 0 Å². The Kier molecular flexibility index (Phi) is 5.53. The fraction of sp³-hybridized carbons (Fsp3) is 0.500. The van der Waals surface area contributed by atoms with Crippen molar-refractivity contribution in [2.75, 3.05) is 6.54 Å². The lowest BCUT2D eigenvalue weighted by Gasteiger charge is -2.27. The molecule has 0 aromatic heterocycles. The Labute approximate surface area is 104 Å². The Hall–Kier alpha value is -1.51. The van der Waals surface area contributed by atoms with E-state index in [1.54, 1.807) is 0 Å². The second-order valence-electron chi connectivity index (χ2n) is 4.44. The van der Waals surface area contributed by atoms with Crippen LogP contribution in [-0.2, 0) is 6.54 Å². The second-order valence-corrected chi connectivity index (χ2v) is 4.44. The van der Waals surface area contributed by atoms with Gasteiger partial charge in [0.05, 0.1) is 0 Å². The molecule has 1 N–H and O–H groups in total. The van der Waals surface area contributed by atoms with Crippen molar-refractivity contribution in [3.8, 4) is 0 Å². The molecule has 0 aliphatic heterocycles. The highest BCUT2D eigenvalue weighted by molar-refractivity contribution is 5.74. The quantitative estimate of drug-likeness (QED) is 0.834. The van der Waals surface area contributed by atoms with Gasteiger partial charge in [-0.2, -0.15) is 0 Å². The monoisotopic (exact) mass is 234 g/mol. The van der Waals surface area contributed by atoms with Crippen molar-refractivity contribution >= 4 is 6.03 Å². The van der Waals surface area contributed by atoms with Crippen LogP contribution in [0.2, 0.25) is 0 Å². The minimum absolute atomic E-state index is 0.0192. The third kappa shape index (κ3) is 4.47. The van der Waals surface area contributed by atoms with E-state index in [4.69, 9.17) is 0 Å². The van der Waals surface area contributed by atoms with Gasteiger partial charge in [0.2, 0.25) is 0 Å². The molecule has 1 aromatic carbocycles. The Balaban J connectivity index is 2.63. The zero-order chi connectivity index (χ0) is 12.7. The van der Waals surface area contributed by atoms with Gasteiger partial charge in [-0.15, -0.1) is 0 Å². The smallest absolute Gasteiger partial charge is 0.317 e. The summed E-state index contributed by atoms with van der Waals surface area (Å²) in [5.74, 6) is 0. The highest BCUT2D eigenvalue weighted by Crippen LogP contribution is 2.08. The topological polar surface area (TPSA) is 32.3 Å². The van der Waals surface area contributed by atoms with Gasteiger partial charge in [0.15, 0.2) is 0 Å². The van der Waals surface area contributed by atoms with Crippen molar-refractivity contribution in [1.82, 2.24) is 10.2 Å². The third-order valence-electron chi connectivity index (χ3n) is 2.61. The van der Waals surface area contributed by atoms with Gasteiger partial charge in [-0.05, 0) is 25.8 Å². The summed E-state index contributed by atoms with van der Waals surface area (Å²) in [5, 5.41) is 2.92. The van der Waals surface area contributed by atoms with E-state index in [9.17, 15) is 4.79 Å². The number of hydrogen-bond acceptors (Lipinski definition) is 1. The number of amides is 2. The van der Waals surface area contributed by atoms with E-state index in [-0.39, 0.29) is 12.1 Å². The Morgan fingerprint density at radius 3 is 2.47 bits per heavy atom.